The first-order valence-electron chi connectivity index (χ1n) is 6.02. The van der Waals surface area contributed by atoms with Gasteiger partial charge in [-0.15, -0.1) is 0 Å². The monoisotopic (exact) mass is 245 g/mol. The number of sulfone groups is 1. The standard InChI is InChI=1S/C11H19NO3S/c12-5-11(6-13)1-7-8(2-11)10-4-16(14,15)3-9(7)10/h7-10,13H,1-6,12H2/t7-,8+,9-,10-,11?/m1/s1. The highest BCUT2D eigenvalue weighted by molar-refractivity contribution is 7.91. The van der Waals surface area contributed by atoms with Gasteiger partial charge in [-0.05, 0) is 36.5 Å². The van der Waals surface area contributed by atoms with Crippen LogP contribution in [0, 0.1) is 29.1 Å². The molecule has 1 unspecified atom stereocenters. The minimum Gasteiger partial charge on any atom is -0.396 e. The minimum absolute atomic E-state index is 0.108. The second kappa shape index (κ2) is 3.21. The summed E-state index contributed by atoms with van der Waals surface area (Å²) in [4.78, 5) is 0. The molecule has 1 saturated heterocycles. The van der Waals surface area contributed by atoms with Crippen molar-refractivity contribution in [3.63, 3.8) is 0 Å². The Morgan fingerprint density at radius 3 is 2.00 bits per heavy atom. The van der Waals surface area contributed by atoms with Crippen LogP contribution in [-0.2, 0) is 9.84 Å². The van der Waals surface area contributed by atoms with Crippen molar-refractivity contribution in [3.8, 4) is 0 Å². The SMILES string of the molecule is NCC1(CO)C[C@@H]2[C@H](C1)[C@H]1CS(=O)(=O)C[C@H]21. The molecule has 0 bridgehead atoms. The first-order valence-corrected chi connectivity index (χ1v) is 7.84. The molecule has 3 rings (SSSR count). The zero-order valence-electron chi connectivity index (χ0n) is 9.30. The van der Waals surface area contributed by atoms with Gasteiger partial charge in [-0.25, -0.2) is 8.42 Å². The van der Waals surface area contributed by atoms with Crippen LogP contribution in [0.1, 0.15) is 12.8 Å². The van der Waals surface area contributed by atoms with E-state index in [1.807, 2.05) is 0 Å². The summed E-state index contributed by atoms with van der Waals surface area (Å²) in [6.07, 6.45) is 1.86. The largest absolute Gasteiger partial charge is 0.396 e. The van der Waals surface area contributed by atoms with Crippen LogP contribution in [0.3, 0.4) is 0 Å². The van der Waals surface area contributed by atoms with E-state index in [1.165, 1.54) is 0 Å². The molecule has 0 radical (unpaired) electrons. The highest BCUT2D eigenvalue weighted by Crippen LogP contribution is 2.63. The van der Waals surface area contributed by atoms with Crippen molar-refractivity contribution in [2.24, 2.45) is 34.8 Å². The average molecular weight is 245 g/mol. The second-order valence-electron chi connectivity index (χ2n) is 6.00. The molecule has 16 heavy (non-hydrogen) atoms. The molecule has 5 heteroatoms. The normalized spacial score (nSPS) is 53.1. The van der Waals surface area contributed by atoms with Crippen molar-refractivity contribution in [1.82, 2.24) is 0 Å². The van der Waals surface area contributed by atoms with Crippen LogP contribution in [0.5, 0.6) is 0 Å². The predicted molar refractivity (Wildman–Crippen MR) is 60.4 cm³/mol. The third-order valence-electron chi connectivity index (χ3n) is 5.20. The smallest absolute Gasteiger partial charge is 0.150 e. The summed E-state index contributed by atoms with van der Waals surface area (Å²) >= 11 is 0. The topological polar surface area (TPSA) is 80.4 Å². The fourth-order valence-electron chi connectivity index (χ4n) is 4.32. The number of aliphatic hydroxyl groups is 1. The van der Waals surface area contributed by atoms with E-state index >= 15 is 0 Å². The zero-order valence-corrected chi connectivity index (χ0v) is 10.1. The molecule has 1 heterocycles. The zero-order chi connectivity index (χ0) is 11.6. The average Bonchev–Trinajstić information content (AvgIpc) is 2.73. The third kappa shape index (κ3) is 1.31. The lowest BCUT2D eigenvalue weighted by molar-refractivity contribution is 0.0462. The molecular formula is C11H19NO3S. The molecule has 3 aliphatic rings. The maximum Gasteiger partial charge on any atom is 0.150 e. The number of hydrogen-bond donors (Lipinski definition) is 2. The molecule has 0 amide bonds. The lowest BCUT2D eigenvalue weighted by Gasteiger charge is -2.44. The fourth-order valence-corrected chi connectivity index (χ4v) is 6.62. The van der Waals surface area contributed by atoms with Gasteiger partial charge in [-0.2, -0.15) is 0 Å². The van der Waals surface area contributed by atoms with Crippen LogP contribution in [-0.4, -0.2) is 38.2 Å². The molecular weight excluding hydrogens is 226 g/mol. The summed E-state index contributed by atoms with van der Waals surface area (Å²) in [6.45, 7) is 0.686. The Balaban J connectivity index is 1.80. The highest BCUT2D eigenvalue weighted by Gasteiger charge is 2.63. The quantitative estimate of drug-likeness (QED) is 0.695. The Morgan fingerprint density at radius 2 is 1.62 bits per heavy atom. The van der Waals surface area contributed by atoms with E-state index in [1.54, 1.807) is 0 Å². The predicted octanol–water partition coefficient (Wildman–Crippen LogP) is -0.376. The van der Waals surface area contributed by atoms with Gasteiger partial charge in [0.1, 0.15) is 0 Å². The van der Waals surface area contributed by atoms with Gasteiger partial charge in [0.05, 0.1) is 11.5 Å². The maximum absolute atomic E-state index is 11.5. The molecule has 3 fully saturated rings. The third-order valence-corrected chi connectivity index (χ3v) is 6.98. The minimum atomic E-state index is -2.77. The van der Waals surface area contributed by atoms with Crippen LogP contribution >= 0.6 is 0 Å². The molecule has 0 aromatic carbocycles. The van der Waals surface area contributed by atoms with Crippen LogP contribution in [0.2, 0.25) is 0 Å². The molecule has 4 nitrogen and oxygen atoms in total. The lowest BCUT2D eigenvalue weighted by atomic mass is 9.60. The fraction of sp³-hybridized carbons (Fsp3) is 1.00. The van der Waals surface area contributed by atoms with E-state index in [2.05, 4.69) is 0 Å². The Hall–Kier alpha value is -0.130. The lowest BCUT2D eigenvalue weighted by Crippen LogP contribution is -2.42. The number of aliphatic hydroxyl groups excluding tert-OH is 1. The van der Waals surface area contributed by atoms with Crippen molar-refractivity contribution in [1.29, 1.82) is 0 Å². The van der Waals surface area contributed by atoms with E-state index in [9.17, 15) is 13.5 Å². The van der Waals surface area contributed by atoms with Gasteiger partial charge in [0, 0.05) is 18.6 Å². The van der Waals surface area contributed by atoms with E-state index < -0.39 is 9.84 Å². The van der Waals surface area contributed by atoms with Crippen molar-refractivity contribution in [2.75, 3.05) is 24.7 Å². The molecule has 92 valence electrons. The summed E-state index contributed by atoms with van der Waals surface area (Å²) < 4.78 is 23.1. The number of rotatable bonds is 2. The van der Waals surface area contributed by atoms with E-state index in [4.69, 9.17) is 5.73 Å². The van der Waals surface area contributed by atoms with Crippen LogP contribution in [0.4, 0.5) is 0 Å². The first-order chi connectivity index (χ1) is 7.50. The summed E-state index contributed by atoms with van der Waals surface area (Å²) in [5.74, 6) is 2.52. The van der Waals surface area contributed by atoms with Crippen LogP contribution in [0.25, 0.3) is 0 Å². The van der Waals surface area contributed by atoms with E-state index in [0.717, 1.165) is 12.8 Å². The van der Waals surface area contributed by atoms with E-state index in [-0.39, 0.29) is 12.0 Å². The molecule has 2 saturated carbocycles. The summed E-state index contributed by atoms with van der Waals surface area (Å²) in [7, 11) is -2.77. The van der Waals surface area contributed by atoms with Gasteiger partial charge in [0.25, 0.3) is 0 Å². The van der Waals surface area contributed by atoms with Gasteiger partial charge >= 0.3 is 0 Å². The number of fused-ring (bicyclic) bond motifs is 4. The molecule has 0 spiro atoms. The molecule has 5 atom stereocenters. The van der Waals surface area contributed by atoms with Gasteiger partial charge in [0.15, 0.2) is 9.84 Å². The molecule has 0 aromatic rings. The summed E-state index contributed by atoms with van der Waals surface area (Å²) in [6, 6.07) is 0. The van der Waals surface area contributed by atoms with Gasteiger partial charge in [-0.3, -0.25) is 0 Å². The summed E-state index contributed by atoms with van der Waals surface area (Å²) in [5.41, 5.74) is 5.65. The molecule has 3 N–H and O–H groups in total. The van der Waals surface area contributed by atoms with E-state index in [0.29, 0.717) is 41.7 Å². The van der Waals surface area contributed by atoms with Crippen LogP contribution < -0.4 is 5.73 Å². The Labute approximate surface area is 96.1 Å². The van der Waals surface area contributed by atoms with Crippen molar-refractivity contribution < 1.29 is 13.5 Å². The Morgan fingerprint density at radius 1 is 1.12 bits per heavy atom. The van der Waals surface area contributed by atoms with Crippen molar-refractivity contribution >= 4 is 9.84 Å². The number of hydrogen-bond acceptors (Lipinski definition) is 4. The van der Waals surface area contributed by atoms with Gasteiger partial charge in [-0.1, -0.05) is 0 Å². The highest BCUT2D eigenvalue weighted by atomic mass is 32.2. The Bertz CT molecular complexity index is 373. The van der Waals surface area contributed by atoms with Crippen LogP contribution in [0.15, 0.2) is 0 Å². The Kier molecular flexibility index (Phi) is 2.20. The van der Waals surface area contributed by atoms with Gasteiger partial charge < -0.3 is 10.8 Å². The molecule has 1 aliphatic heterocycles. The van der Waals surface area contributed by atoms with Crippen molar-refractivity contribution in [3.05, 3.63) is 0 Å². The first kappa shape index (κ1) is 11.0. The van der Waals surface area contributed by atoms with Crippen molar-refractivity contribution in [2.45, 2.75) is 12.8 Å². The number of nitrogens with two attached hydrogens (primary N) is 1. The summed E-state index contributed by atoms with van der Waals surface area (Å²) in [5, 5.41) is 9.45. The molecule has 2 aliphatic carbocycles. The maximum atomic E-state index is 11.5. The van der Waals surface area contributed by atoms with Gasteiger partial charge in [0.2, 0.25) is 0 Å². The molecule has 0 aromatic heterocycles. The second-order valence-corrected chi connectivity index (χ2v) is 8.16.